The van der Waals surface area contributed by atoms with E-state index in [-0.39, 0.29) is 29.7 Å². The third-order valence-corrected chi connectivity index (χ3v) is 4.07. The largest absolute Gasteiger partial charge is 0.477 e. The van der Waals surface area contributed by atoms with Gasteiger partial charge in [0, 0.05) is 17.8 Å². The predicted molar refractivity (Wildman–Crippen MR) is 86.9 cm³/mol. The van der Waals surface area contributed by atoms with Gasteiger partial charge in [-0.1, -0.05) is 18.2 Å². The van der Waals surface area contributed by atoms with Gasteiger partial charge in [-0.3, -0.25) is 9.59 Å². The molecule has 1 aromatic heterocycles. The molecule has 3 rings (SSSR count). The summed E-state index contributed by atoms with van der Waals surface area (Å²) >= 11 is 0. The number of carbonyl (C=O) groups is 1. The summed E-state index contributed by atoms with van der Waals surface area (Å²) in [6, 6.07) is 9.34. The Kier molecular flexibility index (Phi) is 4.19. The van der Waals surface area contributed by atoms with Crippen LogP contribution in [0.1, 0.15) is 24.7 Å². The zero-order valence-electron chi connectivity index (χ0n) is 13.2. The van der Waals surface area contributed by atoms with Gasteiger partial charge in [-0.05, 0) is 38.3 Å². The highest BCUT2D eigenvalue weighted by atomic mass is 16.5. The second-order valence-electron chi connectivity index (χ2n) is 5.79. The Hall–Kier alpha value is -2.56. The minimum atomic E-state index is -0.284. The van der Waals surface area contributed by atoms with Gasteiger partial charge in [-0.25, -0.2) is 0 Å². The molecule has 1 aliphatic rings. The molecule has 2 heterocycles. The maximum atomic E-state index is 12.6. The normalized spacial score (nSPS) is 16.8. The number of anilines is 1. The second-order valence-corrected chi connectivity index (χ2v) is 5.79. The van der Waals surface area contributed by atoms with E-state index in [9.17, 15) is 9.59 Å². The number of para-hydroxylation sites is 1. The van der Waals surface area contributed by atoms with Crippen molar-refractivity contribution in [3.05, 3.63) is 58.1 Å². The van der Waals surface area contributed by atoms with Crippen LogP contribution in [0.4, 0.5) is 5.69 Å². The van der Waals surface area contributed by atoms with Gasteiger partial charge in [-0.2, -0.15) is 0 Å². The van der Waals surface area contributed by atoms with Crippen molar-refractivity contribution in [2.45, 2.75) is 32.7 Å². The molecule has 120 valence electrons. The number of hydrogen-bond donors (Lipinski definition) is 0. The monoisotopic (exact) mass is 313 g/mol. The van der Waals surface area contributed by atoms with Crippen molar-refractivity contribution in [1.82, 2.24) is 0 Å². The molecule has 0 aliphatic carbocycles. The number of benzene rings is 1. The van der Waals surface area contributed by atoms with Crippen molar-refractivity contribution in [2.75, 3.05) is 11.5 Å². The zero-order valence-corrected chi connectivity index (χ0v) is 13.2. The standard InChI is InChI=1S/C18H19NO4/c1-12-7-8-14-5-3-4-6-15(14)19(12)18(21)11-23-17-10-22-13(2)9-16(17)20/h3-6,9-10,12H,7-8,11H2,1-2H3. The molecule has 1 amide bonds. The van der Waals surface area contributed by atoms with E-state index in [4.69, 9.17) is 9.15 Å². The molecule has 0 radical (unpaired) electrons. The van der Waals surface area contributed by atoms with E-state index >= 15 is 0 Å². The van der Waals surface area contributed by atoms with Crippen LogP contribution in [-0.2, 0) is 11.2 Å². The second kappa shape index (κ2) is 6.28. The minimum Gasteiger partial charge on any atom is -0.477 e. The summed E-state index contributed by atoms with van der Waals surface area (Å²) in [6.07, 6.45) is 3.12. The van der Waals surface area contributed by atoms with Crippen LogP contribution in [0.3, 0.4) is 0 Å². The van der Waals surface area contributed by atoms with Crippen molar-refractivity contribution < 1.29 is 13.9 Å². The Morgan fingerprint density at radius 1 is 1.39 bits per heavy atom. The van der Waals surface area contributed by atoms with Gasteiger partial charge in [0.25, 0.3) is 5.91 Å². The van der Waals surface area contributed by atoms with Crippen LogP contribution in [0.25, 0.3) is 0 Å². The van der Waals surface area contributed by atoms with Crippen molar-refractivity contribution in [1.29, 1.82) is 0 Å². The van der Waals surface area contributed by atoms with Crippen LogP contribution >= 0.6 is 0 Å². The van der Waals surface area contributed by atoms with Crippen molar-refractivity contribution in [3.63, 3.8) is 0 Å². The summed E-state index contributed by atoms with van der Waals surface area (Å²) in [6.45, 7) is 3.52. The topological polar surface area (TPSA) is 59.8 Å². The summed E-state index contributed by atoms with van der Waals surface area (Å²) in [5.74, 6) is 0.402. The Bertz CT molecular complexity index is 781. The predicted octanol–water partition coefficient (Wildman–Crippen LogP) is 2.69. The van der Waals surface area contributed by atoms with Crippen LogP contribution in [0.15, 0.2) is 45.8 Å². The smallest absolute Gasteiger partial charge is 0.265 e. The fourth-order valence-corrected chi connectivity index (χ4v) is 2.88. The number of fused-ring (bicyclic) bond motifs is 1. The van der Waals surface area contributed by atoms with Gasteiger partial charge in [0.05, 0.1) is 0 Å². The van der Waals surface area contributed by atoms with Gasteiger partial charge in [0.2, 0.25) is 11.2 Å². The number of aryl methyl sites for hydroxylation is 2. The average Bonchev–Trinajstić information content (AvgIpc) is 2.53. The number of nitrogens with zero attached hydrogens (tertiary/aromatic N) is 1. The lowest BCUT2D eigenvalue weighted by atomic mass is 9.96. The third-order valence-electron chi connectivity index (χ3n) is 4.07. The molecule has 23 heavy (non-hydrogen) atoms. The molecule has 0 saturated heterocycles. The molecule has 5 nitrogen and oxygen atoms in total. The first-order valence-corrected chi connectivity index (χ1v) is 7.68. The average molecular weight is 313 g/mol. The molecule has 0 bridgehead atoms. The fraction of sp³-hybridized carbons (Fsp3) is 0.333. The maximum Gasteiger partial charge on any atom is 0.265 e. The van der Waals surface area contributed by atoms with E-state index in [0.29, 0.717) is 5.76 Å². The van der Waals surface area contributed by atoms with Gasteiger partial charge in [0.15, 0.2) is 6.61 Å². The Balaban J connectivity index is 1.77. The van der Waals surface area contributed by atoms with E-state index in [0.717, 1.165) is 24.1 Å². The Labute approximate surface area is 134 Å². The van der Waals surface area contributed by atoms with Gasteiger partial charge in [-0.15, -0.1) is 0 Å². The third kappa shape index (κ3) is 3.13. The molecule has 0 fully saturated rings. The number of ether oxygens (including phenoxy) is 1. The Morgan fingerprint density at radius 3 is 2.96 bits per heavy atom. The summed E-state index contributed by atoms with van der Waals surface area (Å²) < 4.78 is 10.5. The first-order valence-electron chi connectivity index (χ1n) is 7.68. The maximum absolute atomic E-state index is 12.6. The highest BCUT2D eigenvalue weighted by Crippen LogP contribution is 2.30. The molecule has 1 atom stereocenters. The van der Waals surface area contributed by atoms with E-state index in [1.807, 2.05) is 31.2 Å². The number of carbonyl (C=O) groups excluding carboxylic acids is 1. The zero-order chi connectivity index (χ0) is 16.4. The molecule has 0 saturated carbocycles. The molecule has 0 spiro atoms. The number of amides is 1. The summed E-state index contributed by atoms with van der Waals surface area (Å²) in [4.78, 5) is 26.1. The molecule has 1 aromatic carbocycles. The van der Waals surface area contributed by atoms with Crippen molar-refractivity contribution >= 4 is 11.6 Å². The van der Waals surface area contributed by atoms with E-state index < -0.39 is 0 Å². The highest BCUT2D eigenvalue weighted by Gasteiger charge is 2.28. The SMILES string of the molecule is Cc1cc(=O)c(OCC(=O)N2c3ccccc3CCC2C)co1. The molecule has 0 N–H and O–H groups in total. The van der Waals surface area contributed by atoms with Crippen LogP contribution in [0.2, 0.25) is 0 Å². The summed E-state index contributed by atoms with van der Waals surface area (Å²) in [7, 11) is 0. The molecular weight excluding hydrogens is 294 g/mol. The van der Waals surface area contributed by atoms with E-state index in [1.165, 1.54) is 12.3 Å². The highest BCUT2D eigenvalue weighted by molar-refractivity contribution is 5.96. The molecule has 1 unspecified atom stereocenters. The first kappa shape index (κ1) is 15.3. The quantitative estimate of drug-likeness (QED) is 0.874. The lowest BCUT2D eigenvalue weighted by Gasteiger charge is -2.35. The van der Waals surface area contributed by atoms with Crippen LogP contribution in [0.5, 0.6) is 5.75 Å². The first-order chi connectivity index (χ1) is 11.1. The molecule has 5 heteroatoms. The molecule has 2 aromatic rings. The minimum absolute atomic E-state index is 0.0573. The van der Waals surface area contributed by atoms with Gasteiger partial charge in [0.1, 0.15) is 12.0 Å². The van der Waals surface area contributed by atoms with Crippen molar-refractivity contribution in [2.24, 2.45) is 0 Å². The Morgan fingerprint density at radius 2 is 2.17 bits per heavy atom. The molecule has 1 aliphatic heterocycles. The van der Waals surface area contributed by atoms with Gasteiger partial charge >= 0.3 is 0 Å². The van der Waals surface area contributed by atoms with E-state index in [1.54, 1.807) is 11.8 Å². The van der Waals surface area contributed by atoms with Crippen molar-refractivity contribution in [3.8, 4) is 5.75 Å². The summed E-state index contributed by atoms with van der Waals surface area (Å²) in [5, 5.41) is 0. The lowest BCUT2D eigenvalue weighted by molar-refractivity contribution is -0.121. The summed E-state index contributed by atoms with van der Waals surface area (Å²) in [5.41, 5.74) is 1.80. The number of rotatable bonds is 3. The van der Waals surface area contributed by atoms with Gasteiger partial charge < -0.3 is 14.1 Å². The van der Waals surface area contributed by atoms with E-state index in [2.05, 4.69) is 0 Å². The van der Waals surface area contributed by atoms with Crippen LogP contribution in [0, 0.1) is 6.92 Å². The fourth-order valence-electron chi connectivity index (χ4n) is 2.88. The number of hydrogen-bond acceptors (Lipinski definition) is 4. The van der Waals surface area contributed by atoms with Crippen LogP contribution < -0.4 is 15.1 Å². The molecular formula is C18H19NO4. The lowest BCUT2D eigenvalue weighted by Crippen LogP contribution is -2.44. The van der Waals surface area contributed by atoms with Crippen LogP contribution in [-0.4, -0.2) is 18.6 Å².